The molecule has 0 radical (unpaired) electrons. The number of esters is 1. The molecule has 7 nitrogen and oxygen atoms in total. The number of aromatic nitrogens is 2. The molecule has 0 saturated carbocycles. The fourth-order valence-corrected chi connectivity index (χ4v) is 6.09. The van der Waals surface area contributed by atoms with E-state index in [1.54, 1.807) is 49.5 Å². The van der Waals surface area contributed by atoms with Crippen molar-refractivity contribution >= 4 is 27.0 Å². The third-order valence-corrected chi connectivity index (χ3v) is 8.86. The normalized spacial score (nSPS) is 12.6. The first-order valence-corrected chi connectivity index (χ1v) is 14.7. The summed E-state index contributed by atoms with van der Waals surface area (Å²) >= 11 is 0. The molecule has 0 spiro atoms. The summed E-state index contributed by atoms with van der Waals surface area (Å²) in [5, 5.41) is 0. The second kappa shape index (κ2) is 11.4. The van der Waals surface area contributed by atoms with Crippen LogP contribution in [-0.4, -0.2) is 36.3 Å². The van der Waals surface area contributed by atoms with Crippen molar-refractivity contribution in [3.05, 3.63) is 87.7 Å². The number of nitrogens with zero attached hydrogens (tertiary/aromatic N) is 2. The van der Waals surface area contributed by atoms with Gasteiger partial charge in [-0.2, -0.15) is 4.39 Å². The number of fused-ring (bicyclic) bond motifs is 1. The van der Waals surface area contributed by atoms with Crippen LogP contribution in [0, 0.1) is 27.7 Å². The standard InChI is InChI=1S/C31H35FN2O5S/c1-8-38-31(35)30(32)39-28-15-20(5)25(21(6)22(28)7)16-23-11-14-27-29(33-23)26(18(2)3)17-34(27)40(36,37)24-12-9-19(4)10-13-24/h9-15,17-18,30H,8,16H2,1-7H3. The van der Waals surface area contributed by atoms with E-state index >= 15 is 0 Å². The smallest absolute Gasteiger partial charge is 0.381 e. The molecule has 40 heavy (non-hydrogen) atoms. The van der Waals surface area contributed by atoms with Crippen LogP contribution in [0.1, 0.15) is 65.8 Å². The maximum absolute atomic E-state index is 14.3. The van der Waals surface area contributed by atoms with E-state index in [0.29, 0.717) is 23.0 Å². The number of ether oxygens (including phenoxy) is 2. The van der Waals surface area contributed by atoms with Gasteiger partial charge in [0.05, 0.1) is 22.5 Å². The fraction of sp³-hybridized carbons (Fsp3) is 0.355. The minimum Gasteiger partial charge on any atom is -0.461 e. The van der Waals surface area contributed by atoms with Gasteiger partial charge in [0.25, 0.3) is 10.0 Å². The molecule has 4 aromatic rings. The van der Waals surface area contributed by atoms with E-state index in [0.717, 1.165) is 33.5 Å². The Kier molecular flexibility index (Phi) is 8.35. The first kappa shape index (κ1) is 29.3. The van der Waals surface area contributed by atoms with Crippen molar-refractivity contribution in [1.82, 2.24) is 8.96 Å². The zero-order valence-corrected chi connectivity index (χ0v) is 24.7. The molecule has 212 valence electrons. The van der Waals surface area contributed by atoms with Gasteiger partial charge in [-0.05, 0) is 98.7 Å². The van der Waals surface area contributed by atoms with Gasteiger partial charge in [-0.15, -0.1) is 0 Å². The number of halogens is 1. The van der Waals surface area contributed by atoms with Crippen LogP contribution in [0.4, 0.5) is 4.39 Å². The minimum absolute atomic E-state index is 0.0508. The lowest BCUT2D eigenvalue weighted by molar-refractivity contribution is -0.159. The predicted octanol–water partition coefficient (Wildman–Crippen LogP) is 6.46. The zero-order valence-electron chi connectivity index (χ0n) is 23.9. The summed E-state index contributed by atoms with van der Waals surface area (Å²) in [4.78, 5) is 16.8. The molecule has 0 saturated heterocycles. The Morgan fingerprint density at radius 2 is 1.70 bits per heavy atom. The van der Waals surface area contributed by atoms with Gasteiger partial charge in [-0.1, -0.05) is 31.5 Å². The first-order chi connectivity index (χ1) is 18.8. The first-order valence-electron chi connectivity index (χ1n) is 13.2. The number of aryl methyl sites for hydroxylation is 2. The highest BCUT2D eigenvalue weighted by Gasteiger charge is 2.25. The highest BCUT2D eigenvalue weighted by Crippen LogP contribution is 2.33. The summed E-state index contributed by atoms with van der Waals surface area (Å²) in [6.45, 7) is 13.2. The summed E-state index contributed by atoms with van der Waals surface area (Å²) in [5.41, 5.74) is 7.24. The number of carbonyl (C=O) groups excluding carboxylic acids is 1. The van der Waals surface area contributed by atoms with E-state index in [9.17, 15) is 17.6 Å². The van der Waals surface area contributed by atoms with Gasteiger partial charge >= 0.3 is 12.3 Å². The van der Waals surface area contributed by atoms with Crippen LogP contribution in [0.3, 0.4) is 0 Å². The van der Waals surface area contributed by atoms with Gasteiger partial charge in [-0.3, -0.25) is 4.98 Å². The average molecular weight is 567 g/mol. The van der Waals surface area contributed by atoms with Crippen molar-refractivity contribution in [3.63, 3.8) is 0 Å². The van der Waals surface area contributed by atoms with Crippen LogP contribution in [0.15, 0.2) is 53.6 Å². The predicted molar refractivity (Wildman–Crippen MR) is 153 cm³/mol. The van der Waals surface area contributed by atoms with Gasteiger partial charge in [0.1, 0.15) is 5.75 Å². The van der Waals surface area contributed by atoms with Crippen molar-refractivity contribution in [2.45, 2.75) is 72.1 Å². The van der Waals surface area contributed by atoms with Gasteiger partial charge in [0, 0.05) is 18.3 Å². The van der Waals surface area contributed by atoms with E-state index < -0.39 is 22.4 Å². The van der Waals surface area contributed by atoms with Gasteiger partial charge < -0.3 is 9.47 Å². The van der Waals surface area contributed by atoms with Crippen LogP contribution in [0.5, 0.6) is 5.75 Å². The Morgan fingerprint density at radius 3 is 2.33 bits per heavy atom. The molecule has 0 aliphatic heterocycles. The Labute approximate surface area is 235 Å². The van der Waals surface area contributed by atoms with Gasteiger partial charge in [0.15, 0.2) is 0 Å². The number of benzene rings is 2. The van der Waals surface area contributed by atoms with Crippen LogP contribution in [0.2, 0.25) is 0 Å². The van der Waals surface area contributed by atoms with E-state index in [4.69, 9.17) is 14.5 Å². The maximum atomic E-state index is 14.3. The molecule has 2 heterocycles. The molecule has 0 N–H and O–H groups in total. The molecule has 0 amide bonds. The molecule has 0 aliphatic carbocycles. The molecular formula is C31H35FN2O5S. The largest absolute Gasteiger partial charge is 0.461 e. The summed E-state index contributed by atoms with van der Waals surface area (Å²) in [6.07, 6.45) is -0.0496. The van der Waals surface area contributed by atoms with Crippen molar-refractivity contribution in [3.8, 4) is 5.75 Å². The second-order valence-corrected chi connectivity index (χ2v) is 12.1. The maximum Gasteiger partial charge on any atom is 0.381 e. The van der Waals surface area contributed by atoms with Crippen LogP contribution in [-0.2, 0) is 26.0 Å². The number of alkyl halides is 1. The Hall–Kier alpha value is -3.72. The highest BCUT2D eigenvalue weighted by molar-refractivity contribution is 7.90. The van der Waals surface area contributed by atoms with Crippen LogP contribution >= 0.6 is 0 Å². The summed E-state index contributed by atoms with van der Waals surface area (Å²) < 4.78 is 52.7. The lowest BCUT2D eigenvalue weighted by Gasteiger charge is -2.18. The van der Waals surface area contributed by atoms with Crippen molar-refractivity contribution < 1.29 is 27.1 Å². The van der Waals surface area contributed by atoms with Crippen molar-refractivity contribution in [2.75, 3.05) is 6.61 Å². The van der Waals surface area contributed by atoms with Crippen LogP contribution < -0.4 is 4.74 Å². The quantitative estimate of drug-likeness (QED) is 0.216. The molecule has 2 aromatic carbocycles. The third-order valence-electron chi connectivity index (χ3n) is 7.17. The number of hydrogen-bond donors (Lipinski definition) is 0. The van der Waals surface area contributed by atoms with E-state index in [1.165, 1.54) is 3.97 Å². The lowest BCUT2D eigenvalue weighted by Crippen LogP contribution is -2.25. The number of hydrogen-bond acceptors (Lipinski definition) is 6. The third kappa shape index (κ3) is 5.61. The molecule has 0 fully saturated rings. The molecule has 1 atom stereocenters. The lowest BCUT2D eigenvalue weighted by atomic mass is 9.94. The number of carbonyl (C=O) groups is 1. The molecule has 0 aliphatic rings. The summed E-state index contributed by atoms with van der Waals surface area (Å²) in [6, 6.07) is 12.2. The summed E-state index contributed by atoms with van der Waals surface area (Å²) in [7, 11) is -3.81. The second-order valence-electron chi connectivity index (χ2n) is 10.3. The summed E-state index contributed by atoms with van der Waals surface area (Å²) in [5.74, 6) is -0.728. The molecule has 1 unspecified atom stereocenters. The molecule has 9 heteroatoms. The van der Waals surface area contributed by atoms with Gasteiger partial charge in [0.2, 0.25) is 0 Å². The fourth-order valence-electron chi connectivity index (χ4n) is 4.72. The average Bonchev–Trinajstić information content (AvgIpc) is 3.30. The van der Waals surface area contributed by atoms with Crippen molar-refractivity contribution in [2.24, 2.45) is 0 Å². The Morgan fingerprint density at radius 1 is 1.02 bits per heavy atom. The van der Waals surface area contributed by atoms with E-state index in [1.807, 2.05) is 47.6 Å². The Balaban J connectivity index is 1.72. The van der Waals surface area contributed by atoms with Crippen molar-refractivity contribution in [1.29, 1.82) is 0 Å². The molecule has 2 aromatic heterocycles. The Bertz CT molecular complexity index is 1670. The van der Waals surface area contributed by atoms with Crippen LogP contribution in [0.25, 0.3) is 11.0 Å². The topological polar surface area (TPSA) is 87.5 Å². The zero-order chi connectivity index (χ0) is 29.4. The molecular weight excluding hydrogens is 531 g/mol. The number of pyridine rings is 1. The van der Waals surface area contributed by atoms with E-state index in [-0.39, 0.29) is 23.2 Å². The molecule has 4 rings (SSSR count). The monoisotopic (exact) mass is 566 g/mol. The number of rotatable bonds is 9. The molecule has 0 bridgehead atoms. The van der Waals surface area contributed by atoms with Gasteiger partial charge in [-0.25, -0.2) is 17.2 Å². The highest BCUT2D eigenvalue weighted by atomic mass is 32.2. The SMILES string of the molecule is CCOC(=O)C(F)Oc1cc(C)c(Cc2ccc3c(n2)c(C(C)C)cn3S(=O)(=O)c2ccc(C)cc2)c(C)c1C. The minimum atomic E-state index is -3.81. The van der Waals surface area contributed by atoms with E-state index in [2.05, 4.69) is 0 Å².